The van der Waals surface area contributed by atoms with E-state index in [-0.39, 0.29) is 18.5 Å². The highest BCUT2D eigenvalue weighted by atomic mass is 32.2. The zero-order valence-electron chi connectivity index (χ0n) is 14.1. The minimum atomic E-state index is -4.90. The van der Waals surface area contributed by atoms with Gasteiger partial charge >= 0.3 is 22.6 Å². The van der Waals surface area contributed by atoms with Crippen LogP contribution < -0.4 is 9.04 Å². The van der Waals surface area contributed by atoms with Gasteiger partial charge in [-0.15, -0.1) is 13.2 Å². The van der Waals surface area contributed by atoms with E-state index in [0.29, 0.717) is 17.1 Å². The number of alkyl halides is 3. The second kappa shape index (κ2) is 7.66. The highest BCUT2D eigenvalue weighted by molar-refractivity contribution is 7.87. The minimum Gasteiger partial charge on any atom is -0.459 e. The molecule has 0 atom stereocenters. The average Bonchev–Trinajstić information content (AvgIpc) is 3.01. The van der Waals surface area contributed by atoms with Crippen molar-refractivity contribution in [2.75, 3.05) is 11.4 Å². The number of methoxy groups -OCH3 is 1. The van der Waals surface area contributed by atoms with Crippen LogP contribution in [0, 0.1) is 11.8 Å². The Morgan fingerprint density at radius 3 is 2.22 bits per heavy atom. The Kier molecular flexibility index (Phi) is 5.91. The lowest BCUT2D eigenvalue weighted by molar-refractivity contribution is -0.274. The van der Waals surface area contributed by atoms with Crippen molar-refractivity contribution in [1.82, 2.24) is 0 Å². The molecule has 1 aromatic rings. The first-order valence-electron chi connectivity index (χ1n) is 7.72. The number of hydrogen-bond acceptors (Lipinski definition) is 5. The van der Waals surface area contributed by atoms with Gasteiger partial charge in [0.2, 0.25) is 0 Å². The Morgan fingerprint density at radius 1 is 1.22 bits per heavy atom. The van der Waals surface area contributed by atoms with Crippen molar-refractivity contribution in [3.8, 4) is 17.6 Å². The van der Waals surface area contributed by atoms with E-state index in [1.807, 2.05) is 0 Å². The number of esters is 1. The van der Waals surface area contributed by atoms with Gasteiger partial charge in [-0.25, -0.2) is 9.10 Å². The number of rotatable bonds is 4. The number of benzene rings is 1. The molecule has 0 unspecified atom stereocenters. The van der Waals surface area contributed by atoms with E-state index in [1.54, 1.807) is 0 Å². The summed E-state index contributed by atoms with van der Waals surface area (Å²) in [6, 6.07) is 3.93. The largest absolute Gasteiger partial charge is 0.573 e. The Morgan fingerprint density at radius 2 is 1.78 bits per heavy atom. The van der Waals surface area contributed by atoms with Crippen LogP contribution in [0.15, 0.2) is 24.3 Å². The predicted octanol–water partition coefficient (Wildman–Crippen LogP) is 2.68. The fourth-order valence-corrected chi connectivity index (χ4v) is 4.00. The Hall–Kier alpha value is -2.45. The monoisotopic (exact) mass is 407 g/mol. The van der Waals surface area contributed by atoms with E-state index in [4.69, 9.17) is 0 Å². The van der Waals surface area contributed by atoms with Crippen LogP contribution in [0.3, 0.4) is 0 Å². The van der Waals surface area contributed by atoms with E-state index in [1.165, 1.54) is 0 Å². The summed E-state index contributed by atoms with van der Waals surface area (Å²) in [5, 5.41) is 0. The number of carbonyl (C=O) groups excluding carboxylic acids is 1. The van der Waals surface area contributed by atoms with Crippen LogP contribution >= 0.6 is 0 Å². The summed E-state index contributed by atoms with van der Waals surface area (Å²) in [6.45, 7) is 0. The molecule has 11 heteroatoms. The summed E-state index contributed by atoms with van der Waals surface area (Å²) >= 11 is 0. The molecule has 0 radical (unpaired) electrons. The summed E-state index contributed by atoms with van der Waals surface area (Å²) < 4.78 is 79.4. The average molecular weight is 407 g/mol. The maximum Gasteiger partial charge on any atom is 0.573 e. The molecule has 0 aromatic heterocycles. The fourth-order valence-electron chi connectivity index (χ4n) is 2.94. The van der Waals surface area contributed by atoms with E-state index in [9.17, 15) is 30.9 Å². The molecule has 0 saturated heterocycles. The number of halogens is 3. The highest BCUT2D eigenvalue weighted by Crippen LogP contribution is 2.40. The van der Waals surface area contributed by atoms with Crippen molar-refractivity contribution < 1.29 is 40.4 Å². The summed E-state index contributed by atoms with van der Waals surface area (Å²) in [5.74, 6) is 3.30. The molecular weight excluding hydrogens is 391 g/mol. The van der Waals surface area contributed by atoms with Crippen molar-refractivity contribution in [1.29, 1.82) is 0 Å². The Balaban J connectivity index is 2.48. The summed E-state index contributed by atoms with van der Waals surface area (Å²) in [4.78, 5) is 11.3. The molecule has 0 amide bonds. The summed E-state index contributed by atoms with van der Waals surface area (Å²) in [7, 11) is -3.74. The molecule has 0 heterocycles. The molecule has 0 spiro atoms. The number of anilines is 1. The summed E-state index contributed by atoms with van der Waals surface area (Å²) in [5.41, 5.74) is -1.54. The third-order valence-electron chi connectivity index (χ3n) is 3.94. The van der Waals surface area contributed by atoms with Crippen molar-refractivity contribution >= 4 is 22.0 Å². The highest BCUT2D eigenvalue weighted by Gasteiger charge is 2.44. The van der Waals surface area contributed by atoms with Crippen molar-refractivity contribution in [3.63, 3.8) is 0 Å². The Labute approximate surface area is 153 Å². The maximum atomic E-state index is 12.3. The van der Waals surface area contributed by atoms with Crippen LogP contribution in [0.4, 0.5) is 18.9 Å². The number of hydrogen-bond donors (Lipinski definition) is 1. The molecule has 27 heavy (non-hydrogen) atoms. The lowest BCUT2D eigenvalue weighted by atomic mass is 9.97. The third kappa shape index (κ3) is 5.27. The molecule has 1 N–H and O–H groups in total. The standard InChI is InChI=1S/C16H16F3NO6S/c1-25-14(21)8-11-15(9-2-3-10-15)20(27(22,23)24)12-4-6-13(7-5-12)26-16(17,18)19/h4-7H,2-3,9-10H2,1H3,(H,22,23,24). The molecule has 7 nitrogen and oxygen atoms in total. The van der Waals surface area contributed by atoms with Crippen LogP contribution in [-0.2, 0) is 19.8 Å². The van der Waals surface area contributed by atoms with Crippen LogP contribution in [0.1, 0.15) is 25.7 Å². The van der Waals surface area contributed by atoms with Gasteiger partial charge in [0.05, 0.1) is 12.8 Å². The van der Waals surface area contributed by atoms with Crippen LogP contribution in [0.5, 0.6) is 5.75 Å². The van der Waals surface area contributed by atoms with Crippen molar-refractivity contribution in [2.24, 2.45) is 0 Å². The van der Waals surface area contributed by atoms with Crippen molar-refractivity contribution in [2.45, 2.75) is 37.6 Å². The van der Waals surface area contributed by atoms with Crippen molar-refractivity contribution in [3.05, 3.63) is 24.3 Å². The second-order valence-electron chi connectivity index (χ2n) is 5.76. The molecule has 1 aliphatic rings. The normalized spacial score (nSPS) is 16.2. The van der Waals surface area contributed by atoms with Gasteiger partial charge in [-0.05, 0) is 49.9 Å². The molecular formula is C16H16F3NO6S. The number of carbonyl (C=O) groups is 1. The molecule has 1 aliphatic carbocycles. The summed E-state index contributed by atoms with van der Waals surface area (Å²) in [6.07, 6.45) is -3.30. The first-order chi connectivity index (χ1) is 12.5. The van der Waals surface area contributed by atoms with E-state index in [2.05, 4.69) is 21.3 Å². The van der Waals surface area contributed by atoms with Gasteiger partial charge in [0, 0.05) is 5.92 Å². The first kappa shape index (κ1) is 20.9. The second-order valence-corrected chi connectivity index (χ2v) is 7.03. The smallest absolute Gasteiger partial charge is 0.459 e. The minimum absolute atomic E-state index is 0.118. The molecule has 148 valence electrons. The molecule has 1 aromatic carbocycles. The van der Waals surface area contributed by atoms with Gasteiger partial charge in [-0.3, -0.25) is 4.55 Å². The van der Waals surface area contributed by atoms with Gasteiger partial charge in [0.15, 0.2) is 0 Å². The maximum absolute atomic E-state index is 12.3. The van der Waals surface area contributed by atoms with Gasteiger partial charge in [-0.2, -0.15) is 8.42 Å². The van der Waals surface area contributed by atoms with Gasteiger partial charge in [0.1, 0.15) is 11.3 Å². The van der Waals surface area contributed by atoms with Gasteiger partial charge in [0.25, 0.3) is 0 Å². The number of ether oxygens (including phenoxy) is 2. The van der Waals surface area contributed by atoms with Crippen LogP contribution in [0.2, 0.25) is 0 Å². The fraction of sp³-hybridized carbons (Fsp3) is 0.438. The van der Waals surface area contributed by atoms with Gasteiger partial charge in [-0.1, -0.05) is 5.92 Å². The van der Waals surface area contributed by atoms with E-state index >= 15 is 0 Å². The lowest BCUT2D eigenvalue weighted by Gasteiger charge is -2.36. The molecule has 0 aliphatic heterocycles. The first-order valence-corrected chi connectivity index (χ1v) is 9.11. The molecule has 0 bridgehead atoms. The Bertz CT molecular complexity index is 849. The molecule has 1 saturated carbocycles. The zero-order chi connectivity index (χ0) is 20.3. The van der Waals surface area contributed by atoms with Crippen LogP contribution in [0.25, 0.3) is 0 Å². The lowest BCUT2D eigenvalue weighted by Crippen LogP contribution is -2.49. The third-order valence-corrected chi connectivity index (χ3v) is 4.96. The van der Waals surface area contributed by atoms with Crippen LogP contribution in [-0.4, -0.2) is 38.0 Å². The topological polar surface area (TPSA) is 93.1 Å². The van der Waals surface area contributed by atoms with Gasteiger partial charge < -0.3 is 9.47 Å². The van der Waals surface area contributed by atoms with E-state index < -0.39 is 33.9 Å². The molecule has 2 rings (SSSR count). The molecule has 1 fully saturated rings. The SMILES string of the molecule is COC(=O)C#CC1(N(c2ccc(OC(F)(F)F)cc2)S(=O)(=O)O)CCCC1. The predicted molar refractivity (Wildman–Crippen MR) is 88.1 cm³/mol. The van der Waals surface area contributed by atoms with E-state index in [0.717, 1.165) is 31.4 Å². The number of nitrogens with zero attached hydrogens (tertiary/aromatic N) is 1. The zero-order valence-corrected chi connectivity index (χ0v) is 14.9. The quantitative estimate of drug-likeness (QED) is 0.357.